The van der Waals surface area contributed by atoms with Gasteiger partial charge in [0.2, 0.25) is 5.91 Å². The summed E-state index contributed by atoms with van der Waals surface area (Å²) in [6.45, 7) is 2.07. The van der Waals surface area contributed by atoms with E-state index in [-0.39, 0.29) is 17.9 Å². The Bertz CT molecular complexity index is 999. The third-order valence-corrected chi connectivity index (χ3v) is 6.34. The molecular weight excluding hydrogens is 408 g/mol. The SMILES string of the molecule is O=C(Cc1cccs1)NC1CCN(c2ccccc2C(=O)NCc2ccncc2)CC1. The lowest BCUT2D eigenvalue weighted by Crippen LogP contribution is -2.45. The van der Waals surface area contributed by atoms with Gasteiger partial charge in [-0.2, -0.15) is 0 Å². The molecule has 0 bridgehead atoms. The number of pyridine rings is 1. The number of anilines is 1. The molecule has 1 aromatic carbocycles. The van der Waals surface area contributed by atoms with Gasteiger partial charge >= 0.3 is 0 Å². The number of carbonyl (C=O) groups is 2. The Balaban J connectivity index is 1.32. The van der Waals surface area contributed by atoms with E-state index in [4.69, 9.17) is 0 Å². The maximum atomic E-state index is 12.8. The average Bonchev–Trinajstić information content (AvgIpc) is 3.31. The van der Waals surface area contributed by atoms with Gasteiger partial charge in [0.25, 0.3) is 5.91 Å². The highest BCUT2D eigenvalue weighted by Gasteiger charge is 2.23. The summed E-state index contributed by atoms with van der Waals surface area (Å²) in [4.78, 5) is 32.4. The number of benzene rings is 1. The minimum absolute atomic E-state index is 0.0804. The fourth-order valence-electron chi connectivity index (χ4n) is 3.83. The molecule has 7 heteroatoms. The van der Waals surface area contributed by atoms with Crippen molar-refractivity contribution in [3.8, 4) is 0 Å². The molecule has 160 valence electrons. The van der Waals surface area contributed by atoms with Gasteiger partial charge in [0, 0.05) is 48.6 Å². The van der Waals surface area contributed by atoms with Gasteiger partial charge in [0.05, 0.1) is 12.0 Å². The number of aromatic nitrogens is 1. The molecule has 0 radical (unpaired) electrons. The fourth-order valence-corrected chi connectivity index (χ4v) is 4.54. The number of hydrogen-bond donors (Lipinski definition) is 2. The smallest absolute Gasteiger partial charge is 0.253 e. The second-order valence-corrected chi connectivity index (χ2v) is 8.67. The van der Waals surface area contributed by atoms with Crippen LogP contribution in [0.2, 0.25) is 0 Å². The summed E-state index contributed by atoms with van der Waals surface area (Å²) in [5.74, 6) is -0.00410. The van der Waals surface area contributed by atoms with Crippen molar-refractivity contribution in [1.29, 1.82) is 0 Å². The highest BCUT2D eigenvalue weighted by atomic mass is 32.1. The average molecular weight is 435 g/mol. The summed E-state index contributed by atoms with van der Waals surface area (Å²) in [6, 6.07) is 15.6. The third kappa shape index (κ3) is 5.70. The number of nitrogens with one attached hydrogen (secondary N) is 2. The molecular formula is C24H26N4O2S. The van der Waals surface area contributed by atoms with E-state index in [1.165, 1.54) is 0 Å². The minimum Gasteiger partial charge on any atom is -0.371 e. The molecule has 0 spiro atoms. The summed E-state index contributed by atoms with van der Waals surface area (Å²) in [5, 5.41) is 8.15. The van der Waals surface area contributed by atoms with E-state index in [2.05, 4.69) is 20.5 Å². The minimum atomic E-state index is -0.0845. The van der Waals surface area contributed by atoms with Crippen molar-refractivity contribution < 1.29 is 9.59 Å². The van der Waals surface area contributed by atoms with Gasteiger partial charge in [-0.3, -0.25) is 14.6 Å². The Kier molecular flexibility index (Phi) is 6.94. The lowest BCUT2D eigenvalue weighted by atomic mass is 10.0. The Morgan fingerprint density at radius 2 is 1.81 bits per heavy atom. The van der Waals surface area contributed by atoms with Crippen LogP contribution in [-0.2, 0) is 17.8 Å². The maximum Gasteiger partial charge on any atom is 0.253 e. The molecule has 0 unspecified atom stereocenters. The van der Waals surface area contributed by atoms with Crippen molar-refractivity contribution in [3.05, 3.63) is 82.3 Å². The molecule has 1 saturated heterocycles. The van der Waals surface area contributed by atoms with Crippen LogP contribution in [0.25, 0.3) is 0 Å². The van der Waals surface area contributed by atoms with Gasteiger partial charge in [-0.15, -0.1) is 11.3 Å². The molecule has 6 nitrogen and oxygen atoms in total. The molecule has 4 rings (SSSR count). The molecule has 31 heavy (non-hydrogen) atoms. The lowest BCUT2D eigenvalue weighted by Gasteiger charge is -2.35. The van der Waals surface area contributed by atoms with E-state index < -0.39 is 0 Å². The summed E-state index contributed by atoms with van der Waals surface area (Å²) < 4.78 is 0. The summed E-state index contributed by atoms with van der Waals surface area (Å²) in [7, 11) is 0. The zero-order valence-electron chi connectivity index (χ0n) is 17.3. The maximum absolute atomic E-state index is 12.8. The predicted molar refractivity (Wildman–Crippen MR) is 123 cm³/mol. The molecule has 1 aliphatic heterocycles. The Hall–Kier alpha value is -3.19. The molecule has 3 heterocycles. The number of para-hydroxylation sites is 1. The van der Waals surface area contributed by atoms with Crippen LogP contribution < -0.4 is 15.5 Å². The first kappa shape index (κ1) is 21.1. The molecule has 0 saturated carbocycles. The van der Waals surface area contributed by atoms with Crippen LogP contribution >= 0.6 is 11.3 Å². The number of nitrogens with zero attached hydrogens (tertiary/aromatic N) is 2. The van der Waals surface area contributed by atoms with Crippen molar-refractivity contribution in [3.63, 3.8) is 0 Å². The van der Waals surface area contributed by atoms with Gasteiger partial charge in [0.15, 0.2) is 0 Å². The molecule has 1 fully saturated rings. The van der Waals surface area contributed by atoms with Crippen LogP contribution in [0.1, 0.15) is 33.6 Å². The van der Waals surface area contributed by atoms with Crippen molar-refractivity contribution in [2.75, 3.05) is 18.0 Å². The van der Waals surface area contributed by atoms with Crippen molar-refractivity contribution in [2.24, 2.45) is 0 Å². The Labute approximate surface area is 186 Å². The highest BCUT2D eigenvalue weighted by molar-refractivity contribution is 7.10. The molecule has 2 aromatic heterocycles. The van der Waals surface area contributed by atoms with E-state index in [0.717, 1.165) is 42.1 Å². The van der Waals surface area contributed by atoms with Crippen LogP contribution in [0.4, 0.5) is 5.69 Å². The number of hydrogen-bond acceptors (Lipinski definition) is 5. The topological polar surface area (TPSA) is 74.3 Å². The van der Waals surface area contributed by atoms with Crippen LogP contribution in [0.5, 0.6) is 0 Å². The van der Waals surface area contributed by atoms with Crippen molar-refractivity contribution >= 4 is 28.8 Å². The zero-order valence-corrected chi connectivity index (χ0v) is 18.1. The molecule has 0 aliphatic carbocycles. The predicted octanol–water partition coefficient (Wildman–Crippen LogP) is 3.40. The molecule has 3 aromatic rings. The summed E-state index contributed by atoms with van der Waals surface area (Å²) >= 11 is 1.61. The second-order valence-electron chi connectivity index (χ2n) is 7.64. The molecule has 0 atom stereocenters. The number of rotatable bonds is 7. The zero-order chi connectivity index (χ0) is 21.5. The molecule has 2 amide bonds. The van der Waals surface area contributed by atoms with Crippen molar-refractivity contribution in [2.45, 2.75) is 31.8 Å². The summed E-state index contributed by atoms with van der Waals surface area (Å²) in [5.41, 5.74) is 2.63. The first-order valence-electron chi connectivity index (χ1n) is 10.5. The van der Waals surface area contributed by atoms with E-state index in [0.29, 0.717) is 18.5 Å². The van der Waals surface area contributed by atoms with E-state index in [1.54, 1.807) is 23.7 Å². The van der Waals surface area contributed by atoms with Gasteiger partial charge in [-0.1, -0.05) is 18.2 Å². The van der Waals surface area contributed by atoms with Gasteiger partial charge in [0.1, 0.15) is 0 Å². The van der Waals surface area contributed by atoms with Crippen LogP contribution in [0.3, 0.4) is 0 Å². The van der Waals surface area contributed by atoms with Gasteiger partial charge < -0.3 is 15.5 Å². The molecule has 2 N–H and O–H groups in total. The van der Waals surface area contributed by atoms with Crippen LogP contribution in [0, 0.1) is 0 Å². The van der Waals surface area contributed by atoms with Crippen LogP contribution in [0.15, 0.2) is 66.3 Å². The Morgan fingerprint density at radius 3 is 2.55 bits per heavy atom. The monoisotopic (exact) mass is 434 g/mol. The van der Waals surface area contributed by atoms with E-state index >= 15 is 0 Å². The first-order chi connectivity index (χ1) is 15.2. The third-order valence-electron chi connectivity index (χ3n) is 5.47. The number of thiophene rings is 1. The number of amides is 2. The first-order valence-corrected chi connectivity index (χ1v) is 11.4. The number of piperidine rings is 1. The lowest BCUT2D eigenvalue weighted by molar-refractivity contribution is -0.121. The van der Waals surface area contributed by atoms with Crippen LogP contribution in [-0.4, -0.2) is 35.9 Å². The molecule has 1 aliphatic rings. The van der Waals surface area contributed by atoms with E-state index in [1.807, 2.05) is 53.9 Å². The quantitative estimate of drug-likeness (QED) is 0.598. The normalized spacial score (nSPS) is 14.3. The standard InChI is InChI=1S/C24H26N4O2S/c29-23(16-20-4-3-15-31-20)27-19-9-13-28(14-10-19)22-6-2-1-5-21(22)24(30)26-17-18-7-11-25-12-8-18/h1-8,11-12,15,19H,9-10,13-14,16-17H2,(H,26,30)(H,27,29). The van der Waals surface area contributed by atoms with E-state index in [9.17, 15) is 9.59 Å². The second kappa shape index (κ2) is 10.2. The number of carbonyl (C=O) groups excluding carboxylic acids is 2. The van der Waals surface area contributed by atoms with Gasteiger partial charge in [-0.25, -0.2) is 0 Å². The van der Waals surface area contributed by atoms with Crippen molar-refractivity contribution in [1.82, 2.24) is 15.6 Å². The largest absolute Gasteiger partial charge is 0.371 e. The fraction of sp³-hybridized carbons (Fsp3) is 0.292. The Morgan fingerprint density at radius 1 is 1.03 bits per heavy atom. The van der Waals surface area contributed by atoms with Gasteiger partial charge in [-0.05, 0) is 54.1 Å². The highest BCUT2D eigenvalue weighted by Crippen LogP contribution is 2.24. The summed E-state index contributed by atoms with van der Waals surface area (Å²) in [6.07, 6.45) is 5.61.